The summed E-state index contributed by atoms with van der Waals surface area (Å²) in [6.07, 6.45) is 3.81. The highest BCUT2D eigenvalue weighted by Gasteiger charge is 2.31. The Kier molecular flexibility index (Phi) is 6.18. The minimum absolute atomic E-state index is 0.0658. The smallest absolute Gasteiger partial charge is 0.114 e. The number of halogens is 1. The van der Waals surface area contributed by atoms with Crippen LogP contribution in [0.4, 0.5) is 0 Å². The second kappa shape index (κ2) is 7.73. The van der Waals surface area contributed by atoms with Crippen molar-refractivity contribution in [3.05, 3.63) is 53.1 Å². The number of benzene rings is 1. The van der Waals surface area contributed by atoms with Gasteiger partial charge in [0.05, 0.1) is 12.0 Å². The normalized spacial score (nSPS) is 14.7. The molecule has 126 valence electrons. The number of hydrogen-bond donors (Lipinski definition) is 0. The molecule has 0 radical (unpaired) electrons. The van der Waals surface area contributed by atoms with Crippen LogP contribution < -0.4 is 0 Å². The van der Waals surface area contributed by atoms with Crippen LogP contribution in [0.25, 0.3) is 0 Å². The maximum atomic E-state index is 6.45. The van der Waals surface area contributed by atoms with Gasteiger partial charge in [0.1, 0.15) is 11.5 Å². The van der Waals surface area contributed by atoms with Crippen LogP contribution in [0.1, 0.15) is 50.4 Å². The summed E-state index contributed by atoms with van der Waals surface area (Å²) in [6, 6.07) is 7.91. The van der Waals surface area contributed by atoms with E-state index < -0.39 is 0 Å². The highest BCUT2D eigenvalue weighted by Crippen LogP contribution is 2.45. The third kappa shape index (κ3) is 5.00. The van der Waals surface area contributed by atoms with Gasteiger partial charge in [0.2, 0.25) is 0 Å². The van der Waals surface area contributed by atoms with E-state index in [9.17, 15) is 0 Å². The fraction of sp³-hybridized carbons (Fsp3) is 0.500. The quantitative estimate of drug-likeness (QED) is 0.671. The lowest BCUT2D eigenvalue weighted by Crippen LogP contribution is -2.22. The van der Waals surface area contributed by atoms with Crippen molar-refractivity contribution in [1.29, 1.82) is 0 Å². The summed E-state index contributed by atoms with van der Waals surface area (Å²) in [7, 11) is 0. The predicted octanol–water partition coefficient (Wildman–Crippen LogP) is 5.65. The fourth-order valence-corrected chi connectivity index (χ4v) is 3.99. The summed E-state index contributed by atoms with van der Waals surface area (Å²) in [4.78, 5) is 4.39. The molecule has 3 nitrogen and oxygen atoms in total. The third-order valence-electron chi connectivity index (χ3n) is 3.32. The minimum Gasteiger partial charge on any atom is -0.371 e. The average molecular weight is 353 g/mol. The highest BCUT2D eigenvalue weighted by atomic mass is 35.5. The van der Waals surface area contributed by atoms with Gasteiger partial charge >= 0.3 is 0 Å². The molecule has 1 heterocycles. The SMILES string of the molecule is CCOC(c1ccccc1Cl)C(SC(C)(C)C)n1cnc(C)c1. The Morgan fingerprint density at radius 1 is 1.30 bits per heavy atom. The molecule has 2 aromatic rings. The van der Waals surface area contributed by atoms with Gasteiger partial charge in [-0.3, -0.25) is 0 Å². The molecule has 1 aromatic heterocycles. The number of rotatable bonds is 6. The van der Waals surface area contributed by atoms with Crippen LogP contribution in [0.3, 0.4) is 0 Å². The van der Waals surface area contributed by atoms with Crippen molar-refractivity contribution in [2.45, 2.75) is 50.8 Å². The summed E-state index contributed by atoms with van der Waals surface area (Å²) in [5.41, 5.74) is 2.02. The van der Waals surface area contributed by atoms with Crippen molar-refractivity contribution in [3.8, 4) is 0 Å². The summed E-state index contributed by atoms with van der Waals surface area (Å²) >= 11 is 8.31. The molecule has 5 heteroatoms. The maximum absolute atomic E-state index is 6.45. The number of hydrogen-bond acceptors (Lipinski definition) is 3. The second-order valence-electron chi connectivity index (χ2n) is 6.48. The zero-order chi connectivity index (χ0) is 17.0. The number of aromatic nitrogens is 2. The first kappa shape index (κ1) is 18.4. The first-order valence-electron chi connectivity index (χ1n) is 7.85. The molecule has 2 atom stereocenters. The summed E-state index contributed by atoms with van der Waals surface area (Å²) in [5, 5.41) is 0.804. The molecule has 0 amide bonds. The van der Waals surface area contributed by atoms with Crippen LogP contribution in [0.5, 0.6) is 0 Å². The summed E-state index contributed by atoms with van der Waals surface area (Å²) < 4.78 is 8.34. The van der Waals surface area contributed by atoms with E-state index in [-0.39, 0.29) is 16.2 Å². The summed E-state index contributed by atoms with van der Waals surface area (Å²) in [6.45, 7) is 11.3. The summed E-state index contributed by atoms with van der Waals surface area (Å²) in [5.74, 6) is 0. The van der Waals surface area contributed by atoms with Gasteiger partial charge in [0.15, 0.2) is 0 Å². The van der Waals surface area contributed by atoms with Crippen molar-refractivity contribution in [3.63, 3.8) is 0 Å². The molecule has 0 spiro atoms. The molecule has 23 heavy (non-hydrogen) atoms. The van der Waals surface area contributed by atoms with Gasteiger partial charge in [-0.15, -0.1) is 11.8 Å². The molecular formula is C18H25ClN2OS. The lowest BCUT2D eigenvalue weighted by molar-refractivity contribution is 0.0466. The largest absolute Gasteiger partial charge is 0.371 e. The first-order valence-corrected chi connectivity index (χ1v) is 9.11. The first-order chi connectivity index (χ1) is 10.8. The number of nitrogens with zero attached hydrogens (tertiary/aromatic N) is 2. The molecule has 1 aromatic carbocycles. The molecule has 0 fully saturated rings. The molecule has 0 saturated carbocycles. The van der Waals surface area contributed by atoms with Gasteiger partial charge in [-0.1, -0.05) is 50.6 Å². The van der Waals surface area contributed by atoms with E-state index in [0.29, 0.717) is 6.61 Å². The van der Waals surface area contributed by atoms with Gasteiger partial charge in [-0.2, -0.15) is 0 Å². The van der Waals surface area contributed by atoms with Gasteiger partial charge in [0.25, 0.3) is 0 Å². The number of aryl methyl sites for hydroxylation is 1. The van der Waals surface area contributed by atoms with E-state index in [0.717, 1.165) is 16.3 Å². The maximum Gasteiger partial charge on any atom is 0.114 e. The third-order valence-corrected chi connectivity index (χ3v) is 5.10. The zero-order valence-electron chi connectivity index (χ0n) is 14.4. The molecule has 0 aliphatic heterocycles. The van der Waals surface area contributed by atoms with Gasteiger partial charge in [-0.05, 0) is 19.9 Å². The van der Waals surface area contributed by atoms with E-state index in [2.05, 4.69) is 36.5 Å². The van der Waals surface area contributed by atoms with E-state index in [4.69, 9.17) is 16.3 Å². The Morgan fingerprint density at radius 2 is 2.00 bits per heavy atom. The Hall–Kier alpha value is -0.970. The van der Waals surface area contributed by atoms with Crippen LogP contribution in [0.15, 0.2) is 36.8 Å². The molecule has 0 aliphatic rings. The van der Waals surface area contributed by atoms with Crippen molar-refractivity contribution < 1.29 is 4.74 Å². The van der Waals surface area contributed by atoms with Crippen LogP contribution in [-0.4, -0.2) is 20.9 Å². The molecule has 0 bridgehead atoms. The predicted molar refractivity (Wildman–Crippen MR) is 99.2 cm³/mol. The minimum atomic E-state index is -0.133. The number of imidazole rings is 1. The van der Waals surface area contributed by atoms with E-state index in [1.165, 1.54) is 0 Å². The Morgan fingerprint density at radius 3 is 2.52 bits per heavy atom. The molecule has 0 aliphatic carbocycles. The van der Waals surface area contributed by atoms with Crippen LogP contribution in [-0.2, 0) is 4.74 Å². The van der Waals surface area contributed by atoms with Crippen molar-refractivity contribution in [2.24, 2.45) is 0 Å². The lowest BCUT2D eigenvalue weighted by atomic mass is 10.1. The molecule has 2 rings (SSSR count). The van der Waals surface area contributed by atoms with Crippen LogP contribution >= 0.6 is 23.4 Å². The van der Waals surface area contributed by atoms with E-state index >= 15 is 0 Å². The fourth-order valence-electron chi connectivity index (χ4n) is 2.43. The van der Waals surface area contributed by atoms with E-state index in [1.807, 2.05) is 56.2 Å². The number of thioether (sulfide) groups is 1. The molecule has 2 unspecified atom stereocenters. The Balaban J connectivity index is 2.46. The van der Waals surface area contributed by atoms with E-state index in [1.54, 1.807) is 0 Å². The molecule has 0 N–H and O–H groups in total. The van der Waals surface area contributed by atoms with Gasteiger partial charge < -0.3 is 9.30 Å². The van der Waals surface area contributed by atoms with Crippen LogP contribution in [0.2, 0.25) is 5.02 Å². The topological polar surface area (TPSA) is 27.1 Å². The van der Waals surface area contributed by atoms with Crippen LogP contribution in [0, 0.1) is 6.92 Å². The van der Waals surface area contributed by atoms with Crippen molar-refractivity contribution in [1.82, 2.24) is 9.55 Å². The van der Waals surface area contributed by atoms with Crippen molar-refractivity contribution >= 4 is 23.4 Å². The number of ether oxygens (including phenoxy) is 1. The molecule has 0 saturated heterocycles. The Bertz CT molecular complexity index is 636. The van der Waals surface area contributed by atoms with Gasteiger partial charge in [0, 0.05) is 28.1 Å². The zero-order valence-corrected chi connectivity index (χ0v) is 16.0. The van der Waals surface area contributed by atoms with Gasteiger partial charge in [-0.25, -0.2) is 4.98 Å². The lowest BCUT2D eigenvalue weighted by Gasteiger charge is -2.33. The average Bonchev–Trinajstić information content (AvgIpc) is 2.89. The molecular weight excluding hydrogens is 328 g/mol. The standard InChI is InChI=1S/C18H25ClN2OS/c1-6-22-16(14-9-7-8-10-15(14)19)17(23-18(3,4)5)21-11-13(2)20-12-21/h7-12,16-17H,6H2,1-5H3. The highest BCUT2D eigenvalue weighted by molar-refractivity contribution is 8.00. The monoisotopic (exact) mass is 352 g/mol. The van der Waals surface area contributed by atoms with Crippen molar-refractivity contribution in [2.75, 3.05) is 6.61 Å². The Labute approximate surface area is 148 Å². The second-order valence-corrected chi connectivity index (χ2v) is 8.83.